The smallest absolute Gasteiger partial charge is 0.238 e. The van der Waals surface area contributed by atoms with E-state index in [0.717, 1.165) is 5.56 Å². The molecule has 1 atom stereocenters. The van der Waals surface area contributed by atoms with Crippen LogP contribution in [-0.4, -0.2) is 17.4 Å². The molecule has 1 aromatic heterocycles. The van der Waals surface area contributed by atoms with Gasteiger partial charge in [0.05, 0.1) is 6.54 Å². The molecule has 4 nitrogen and oxygen atoms in total. The first-order chi connectivity index (χ1) is 9.65. The van der Waals surface area contributed by atoms with Crippen LogP contribution >= 0.6 is 0 Å². The Hall–Kier alpha value is -2.27. The summed E-state index contributed by atoms with van der Waals surface area (Å²) in [5.41, 5.74) is 1.59. The van der Waals surface area contributed by atoms with Gasteiger partial charge in [0.25, 0.3) is 0 Å². The van der Waals surface area contributed by atoms with E-state index in [1.54, 1.807) is 12.4 Å². The number of nitrogens with zero attached hydrogens (tertiary/aromatic N) is 1. The van der Waals surface area contributed by atoms with Crippen LogP contribution in [0.3, 0.4) is 0 Å². The quantitative estimate of drug-likeness (QED) is 0.880. The van der Waals surface area contributed by atoms with Gasteiger partial charge >= 0.3 is 0 Å². The molecule has 0 unspecified atom stereocenters. The summed E-state index contributed by atoms with van der Waals surface area (Å²) in [6.07, 6.45) is 3.47. The molecule has 1 heterocycles. The van der Waals surface area contributed by atoms with E-state index in [1.165, 1.54) is 24.3 Å². The molecule has 2 rings (SSSR count). The number of rotatable bonds is 5. The largest absolute Gasteiger partial charge is 0.325 e. The summed E-state index contributed by atoms with van der Waals surface area (Å²) in [4.78, 5) is 15.8. The molecule has 104 valence electrons. The SMILES string of the molecule is C[C@@H](NCC(=O)Nc1ccc(F)cc1)c1cccnc1. The summed E-state index contributed by atoms with van der Waals surface area (Å²) in [5.74, 6) is -0.501. The van der Waals surface area contributed by atoms with Crippen LogP contribution in [0.1, 0.15) is 18.5 Å². The minimum Gasteiger partial charge on any atom is -0.325 e. The van der Waals surface area contributed by atoms with Gasteiger partial charge in [0, 0.05) is 24.1 Å². The van der Waals surface area contributed by atoms with Crippen LogP contribution < -0.4 is 10.6 Å². The highest BCUT2D eigenvalue weighted by Crippen LogP contribution is 2.10. The van der Waals surface area contributed by atoms with Crippen molar-refractivity contribution in [2.24, 2.45) is 0 Å². The molecule has 0 bridgehead atoms. The Balaban J connectivity index is 1.82. The van der Waals surface area contributed by atoms with Crippen LogP contribution in [0, 0.1) is 5.82 Å². The van der Waals surface area contributed by atoms with Gasteiger partial charge < -0.3 is 10.6 Å². The number of hydrogen-bond acceptors (Lipinski definition) is 3. The summed E-state index contributed by atoms with van der Waals surface area (Å²) >= 11 is 0. The van der Waals surface area contributed by atoms with E-state index in [-0.39, 0.29) is 24.3 Å². The fourth-order valence-electron chi connectivity index (χ4n) is 1.73. The third-order valence-corrected chi connectivity index (χ3v) is 2.88. The zero-order chi connectivity index (χ0) is 14.4. The topological polar surface area (TPSA) is 54.0 Å². The number of nitrogens with one attached hydrogen (secondary N) is 2. The maximum absolute atomic E-state index is 12.7. The molecule has 20 heavy (non-hydrogen) atoms. The lowest BCUT2D eigenvalue weighted by Gasteiger charge is -2.13. The van der Waals surface area contributed by atoms with E-state index in [2.05, 4.69) is 15.6 Å². The van der Waals surface area contributed by atoms with Gasteiger partial charge in [-0.1, -0.05) is 6.07 Å². The lowest BCUT2D eigenvalue weighted by molar-refractivity contribution is -0.115. The predicted octanol–water partition coefficient (Wildman–Crippen LogP) is 2.51. The second-order valence-electron chi connectivity index (χ2n) is 4.44. The molecule has 5 heteroatoms. The first-order valence-electron chi connectivity index (χ1n) is 6.34. The number of pyridine rings is 1. The van der Waals surface area contributed by atoms with E-state index in [0.29, 0.717) is 5.69 Å². The van der Waals surface area contributed by atoms with Crippen LogP contribution in [0.4, 0.5) is 10.1 Å². The lowest BCUT2D eigenvalue weighted by atomic mass is 10.1. The summed E-state index contributed by atoms with van der Waals surface area (Å²) in [7, 11) is 0. The molecule has 1 amide bonds. The Labute approximate surface area is 117 Å². The normalized spacial score (nSPS) is 11.9. The first kappa shape index (κ1) is 14.1. The Kier molecular flexibility index (Phi) is 4.79. The monoisotopic (exact) mass is 273 g/mol. The molecule has 0 radical (unpaired) electrons. The number of aromatic nitrogens is 1. The Bertz CT molecular complexity index is 557. The molecular formula is C15H16FN3O. The van der Waals surface area contributed by atoms with E-state index in [1.807, 2.05) is 19.1 Å². The number of benzene rings is 1. The van der Waals surface area contributed by atoms with Crippen molar-refractivity contribution in [1.29, 1.82) is 0 Å². The van der Waals surface area contributed by atoms with Gasteiger partial charge in [-0.2, -0.15) is 0 Å². The van der Waals surface area contributed by atoms with Crippen molar-refractivity contribution in [3.8, 4) is 0 Å². The lowest BCUT2D eigenvalue weighted by Crippen LogP contribution is -2.30. The molecule has 0 aliphatic carbocycles. The molecular weight excluding hydrogens is 257 g/mol. The molecule has 0 spiro atoms. The van der Waals surface area contributed by atoms with Crippen LogP contribution in [0.15, 0.2) is 48.8 Å². The number of halogens is 1. The predicted molar refractivity (Wildman–Crippen MR) is 75.7 cm³/mol. The molecule has 2 aromatic rings. The average Bonchev–Trinajstić information content (AvgIpc) is 2.48. The maximum Gasteiger partial charge on any atom is 0.238 e. The zero-order valence-electron chi connectivity index (χ0n) is 11.1. The van der Waals surface area contributed by atoms with Crippen molar-refractivity contribution in [2.75, 3.05) is 11.9 Å². The Morgan fingerprint density at radius 3 is 2.70 bits per heavy atom. The van der Waals surface area contributed by atoms with Gasteiger partial charge in [-0.25, -0.2) is 4.39 Å². The van der Waals surface area contributed by atoms with E-state index in [4.69, 9.17) is 0 Å². The fraction of sp³-hybridized carbons (Fsp3) is 0.200. The van der Waals surface area contributed by atoms with Crippen LogP contribution in [0.25, 0.3) is 0 Å². The number of amides is 1. The summed E-state index contributed by atoms with van der Waals surface area (Å²) in [6, 6.07) is 9.50. The highest BCUT2D eigenvalue weighted by atomic mass is 19.1. The van der Waals surface area contributed by atoms with Crippen LogP contribution in [0.2, 0.25) is 0 Å². The standard InChI is InChI=1S/C15H16FN3O/c1-11(12-3-2-8-17-9-12)18-10-15(20)19-14-6-4-13(16)5-7-14/h2-9,11,18H,10H2,1H3,(H,19,20)/t11-/m1/s1. The Morgan fingerprint density at radius 1 is 1.30 bits per heavy atom. The molecule has 0 saturated carbocycles. The highest BCUT2D eigenvalue weighted by Gasteiger charge is 2.07. The van der Waals surface area contributed by atoms with Crippen molar-refractivity contribution in [1.82, 2.24) is 10.3 Å². The average molecular weight is 273 g/mol. The van der Waals surface area contributed by atoms with Gasteiger partial charge in [-0.05, 0) is 42.8 Å². The van der Waals surface area contributed by atoms with Crippen molar-refractivity contribution in [2.45, 2.75) is 13.0 Å². The summed E-state index contributed by atoms with van der Waals surface area (Å²) < 4.78 is 12.7. The second kappa shape index (κ2) is 6.77. The third-order valence-electron chi connectivity index (χ3n) is 2.88. The van der Waals surface area contributed by atoms with Crippen molar-refractivity contribution in [3.63, 3.8) is 0 Å². The highest BCUT2D eigenvalue weighted by molar-refractivity contribution is 5.92. The minimum atomic E-state index is -0.327. The molecule has 1 aromatic carbocycles. The molecule has 2 N–H and O–H groups in total. The molecule has 0 fully saturated rings. The van der Waals surface area contributed by atoms with Gasteiger partial charge in [-0.15, -0.1) is 0 Å². The third kappa shape index (κ3) is 4.13. The first-order valence-corrected chi connectivity index (χ1v) is 6.34. The zero-order valence-corrected chi connectivity index (χ0v) is 11.1. The van der Waals surface area contributed by atoms with Gasteiger partial charge in [0.1, 0.15) is 5.82 Å². The number of hydrogen-bond donors (Lipinski definition) is 2. The fourth-order valence-corrected chi connectivity index (χ4v) is 1.73. The van der Waals surface area contributed by atoms with E-state index >= 15 is 0 Å². The van der Waals surface area contributed by atoms with Crippen LogP contribution in [0.5, 0.6) is 0 Å². The van der Waals surface area contributed by atoms with E-state index in [9.17, 15) is 9.18 Å². The van der Waals surface area contributed by atoms with E-state index < -0.39 is 0 Å². The number of carbonyl (C=O) groups excluding carboxylic acids is 1. The molecule has 0 saturated heterocycles. The van der Waals surface area contributed by atoms with Crippen molar-refractivity contribution in [3.05, 3.63) is 60.2 Å². The number of anilines is 1. The Morgan fingerprint density at radius 2 is 2.05 bits per heavy atom. The summed E-state index contributed by atoms with van der Waals surface area (Å²) in [5, 5.41) is 5.80. The molecule has 0 aliphatic rings. The molecule has 0 aliphatic heterocycles. The minimum absolute atomic E-state index is 0.0302. The van der Waals surface area contributed by atoms with Crippen LogP contribution in [-0.2, 0) is 4.79 Å². The van der Waals surface area contributed by atoms with Gasteiger partial charge in [0.15, 0.2) is 0 Å². The second-order valence-corrected chi connectivity index (χ2v) is 4.44. The van der Waals surface area contributed by atoms with Crippen molar-refractivity contribution >= 4 is 11.6 Å². The number of carbonyl (C=O) groups is 1. The maximum atomic E-state index is 12.7. The van der Waals surface area contributed by atoms with Crippen molar-refractivity contribution < 1.29 is 9.18 Å². The van der Waals surface area contributed by atoms with Gasteiger partial charge in [0.2, 0.25) is 5.91 Å². The van der Waals surface area contributed by atoms with Gasteiger partial charge in [-0.3, -0.25) is 9.78 Å². The summed E-state index contributed by atoms with van der Waals surface area (Å²) in [6.45, 7) is 2.13.